The van der Waals surface area contributed by atoms with Gasteiger partial charge in [-0.05, 0) is 13.3 Å². The SMILES string of the molecule is [2H]C[C@@](O)(CC)[C@@H](O)C(=O)O. The molecule has 0 heterocycles. The second-order valence-electron chi connectivity index (χ2n) is 2.20. The van der Waals surface area contributed by atoms with Gasteiger partial charge in [-0.1, -0.05) is 6.92 Å². The fourth-order valence-electron chi connectivity index (χ4n) is 0.423. The van der Waals surface area contributed by atoms with E-state index >= 15 is 0 Å². The highest BCUT2D eigenvalue weighted by molar-refractivity contribution is 5.73. The zero-order valence-electron chi connectivity index (χ0n) is 6.74. The van der Waals surface area contributed by atoms with Crippen molar-refractivity contribution in [2.75, 3.05) is 0 Å². The predicted octanol–water partition coefficient (Wildman–Crippen LogP) is -0.407. The van der Waals surface area contributed by atoms with Gasteiger partial charge in [0.2, 0.25) is 0 Å². The number of hydrogen-bond donors (Lipinski definition) is 3. The highest BCUT2D eigenvalue weighted by atomic mass is 16.4. The molecular formula is C6H12O4. The normalized spacial score (nSPS) is 20.9. The van der Waals surface area contributed by atoms with Crippen LogP contribution in [0, 0.1) is 0 Å². The van der Waals surface area contributed by atoms with E-state index in [4.69, 9.17) is 11.6 Å². The minimum atomic E-state index is -1.87. The lowest BCUT2D eigenvalue weighted by Crippen LogP contribution is -2.43. The topological polar surface area (TPSA) is 77.8 Å². The molecule has 4 heteroatoms. The second-order valence-corrected chi connectivity index (χ2v) is 2.20. The van der Waals surface area contributed by atoms with Gasteiger partial charge in [0, 0.05) is 1.37 Å². The van der Waals surface area contributed by atoms with Crippen molar-refractivity contribution < 1.29 is 21.5 Å². The zero-order chi connectivity index (χ0) is 9.07. The first kappa shape index (κ1) is 7.50. The van der Waals surface area contributed by atoms with E-state index in [2.05, 4.69) is 0 Å². The van der Waals surface area contributed by atoms with Gasteiger partial charge < -0.3 is 15.3 Å². The first-order chi connectivity index (χ1) is 4.98. The van der Waals surface area contributed by atoms with Gasteiger partial charge in [0.05, 0.1) is 5.60 Å². The summed E-state index contributed by atoms with van der Waals surface area (Å²) in [6.45, 7) is 0.998. The number of carbonyl (C=O) groups is 1. The van der Waals surface area contributed by atoms with Crippen molar-refractivity contribution in [3.8, 4) is 0 Å². The van der Waals surface area contributed by atoms with E-state index in [0.717, 1.165) is 0 Å². The van der Waals surface area contributed by atoms with Gasteiger partial charge in [-0.3, -0.25) is 0 Å². The number of carboxylic acid groups (broad SMARTS) is 1. The minimum Gasteiger partial charge on any atom is -0.479 e. The average Bonchev–Trinajstić information content (AvgIpc) is 2.01. The van der Waals surface area contributed by atoms with E-state index in [1.54, 1.807) is 0 Å². The Morgan fingerprint density at radius 3 is 2.50 bits per heavy atom. The summed E-state index contributed by atoms with van der Waals surface area (Å²) < 4.78 is 6.81. The Bertz CT molecular complexity index is 144. The molecule has 0 aromatic rings. The largest absolute Gasteiger partial charge is 0.479 e. The molecule has 0 aliphatic carbocycles. The van der Waals surface area contributed by atoms with E-state index in [-0.39, 0.29) is 6.42 Å². The fourth-order valence-corrected chi connectivity index (χ4v) is 0.423. The van der Waals surface area contributed by atoms with Gasteiger partial charge in [-0.2, -0.15) is 0 Å². The van der Waals surface area contributed by atoms with Gasteiger partial charge in [0.25, 0.3) is 0 Å². The maximum absolute atomic E-state index is 10.2. The minimum absolute atomic E-state index is 0.0456. The van der Waals surface area contributed by atoms with Gasteiger partial charge >= 0.3 is 5.97 Å². The molecule has 0 radical (unpaired) electrons. The molecule has 3 N–H and O–H groups in total. The molecule has 0 rings (SSSR count). The molecule has 0 aromatic carbocycles. The molecule has 0 saturated heterocycles. The van der Waals surface area contributed by atoms with Crippen LogP contribution in [-0.2, 0) is 4.79 Å². The molecule has 0 aromatic heterocycles. The summed E-state index contributed by atoms with van der Waals surface area (Å²) >= 11 is 0. The van der Waals surface area contributed by atoms with Crippen LogP contribution in [0.15, 0.2) is 0 Å². The number of hydrogen-bond acceptors (Lipinski definition) is 3. The van der Waals surface area contributed by atoms with Crippen molar-refractivity contribution >= 4 is 5.97 Å². The number of aliphatic hydroxyl groups excluding tert-OH is 1. The smallest absolute Gasteiger partial charge is 0.335 e. The Balaban J connectivity index is 4.36. The molecule has 2 atom stereocenters. The monoisotopic (exact) mass is 149 g/mol. The van der Waals surface area contributed by atoms with Crippen LogP contribution in [0.1, 0.15) is 21.6 Å². The summed E-state index contributed by atoms with van der Waals surface area (Å²) in [7, 11) is 0. The van der Waals surface area contributed by atoms with Gasteiger partial charge in [0.1, 0.15) is 0 Å². The Labute approximate surface area is 60.5 Å². The van der Waals surface area contributed by atoms with Crippen LogP contribution >= 0.6 is 0 Å². The Morgan fingerprint density at radius 2 is 2.40 bits per heavy atom. The van der Waals surface area contributed by atoms with E-state index in [1.165, 1.54) is 6.92 Å². The van der Waals surface area contributed by atoms with Crippen molar-refractivity contribution in [3.05, 3.63) is 0 Å². The quantitative estimate of drug-likeness (QED) is 0.510. The number of carboxylic acids is 1. The van der Waals surface area contributed by atoms with Crippen LogP contribution in [0.4, 0.5) is 0 Å². The third-order valence-electron chi connectivity index (χ3n) is 1.36. The third kappa shape index (κ3) is 1.97. The lowest BCUT2D eigenvalue weighted by molar-refractivity contribution is -0.161. The first-order valence-electron chi connectivity index (χ1n) is 3.61. The molecule has 0 amide bonds. The van der Waals surface area contributed by atoms with Crippen LogP contribution in [0.25, 0.3) is 0 Å². The molecule has 4 nitrogen and oxygen atoms in total. The van der Waals surface area contributed by atoms with Crippen molar-refractivity contribution in [1.29, 1.82) is 0 Å². The molecule has 60 valence electrons. The highest BCUT2D eigenvalue weighted by Gasteiger charge is 2.33. The van der Waals surface area contributed by atoms with E-state index in [9.17, 15) is 9.90 Å². The summed E-state index contributed by atoms with van der Waals surface area (Å²) in [5.74, 6) is -1.50. The van der Waals surface area contributed by atoms with Crippen LogP contribution in [0.3, 0.4) is 0 Å². The van der Waals surface area contributed by atoms with Crippen molar-refractivity contribution in [3.63, 3.8) is 0 Å². The molecule has 0 aliphatic rings. The highest BCUT2D eigenvalue weighted by Crippen LogP contribution is 2.13. The summed E-state index contributed by atoms with van der Waals surface area (Å²) in [5.41, 5.74) is -1.81. The lowest BCUT2D eigenvalue weighted by Gasteiger charge is -2.23. The maximum Gasteiger partial charge on any atom is 0.335 e. The zero-order valence-corrected chi connectivity index (χ0v) is 5.74. The molecule has 0 aliphatic heterocycles. The lowest BCUT2D eigenvalue weighted by atomic mass is 9.96. The summed E-state index contributed by atoms with van der Waals surface area (Å²) in [6, 6.07) is 0. The molecule has 0 fully saturated rings. The predicted molar refractivity (Wildman–Crippen MR) is 34.6 cm³/mol. The second kappa shape index (κ2) is 2.98. The van der Waals surface area contributed by atoms with Gasteiger partial charge in [-0.15, -0.1) is 0 Å². The standard InChI is InChI=1S/C6H12O4/c1-3-6(2,10)4(7)5(8)9/h4,7,10H,3H2,1-2H3,(H,8,9)/t4-,6+/m0/s1/i2D. The van der Waals surface area contributed by atoms with Crippen LogP contribution in [0.2, 0.25) is 0 Å². The van der Waals surface area contributed by atoms with Crippen LogP contribution in [-0.4, -0.2) is 33.0 Å². The Morgan fingerprint density at radius 1 is 1.90 bits per heavy atom. The molecule has 10 heavy (non-hydrogen) atoms. The summed E-state index contributed by atoms with van der Waals surface area (Å²) in [6.07, 6.45) is -1.82. The average molecular weight is 149 g/mol. The molecule has 0 saturated carbocycles. The Hall–Kier alpha value is -0.610. The van der Waals surface area contributed by atoms with E-state index in [1.807, 2.05) is 0 Å². The van der Waals surface area contributed by atoms with E-state index in [0.29, 0.717) is 0 Å². The Kier molecular flexibility index (Phi) is 2.24. The first-order valence-corrected chi connectivity index (χ1v) is 2.90. The van der Waals surface area contributed by atoms with E-state index < -0.39 is 24.6 Å². The van der Waals surface area contributed by atoms with Gasteiger partial charge in [-0.25, -0.2) is 4.79 Å². The van der Waals surface area contributed by atoms with Crippen molar-refractivity contribution in [2.24, 2.45) is 0 Å². The molecule has 0 bridgehead atoms. The number of rotatable bonds is 3. The van der Waals surface area contributed by atoms with Crippen molar-refractivity contribution in [1.82, 2.24) is 0 Å². The molecule has 0 unspecified atom stereocenters. The fraction of sp³-hybridized carbons (Fsp3) is 0.833. The maximum atomic E-state index is 10.2. The van der Waals surface area contributed by atoms with Crippen molar-refractivity contribution in [2.45, 2.75) is 31.9 Å². The van der Waals surface area contributed by atoms with Crippen LogP contribution in [0.5, 0.6) is 0 Å². The molecule has 0 spiro atoms. The molecular weight excluding hydrogens is 136 g/mol. The van der Waals surface area contributed by atoms with Gasteiger partial charge in [0.15, 0.2) is 6.10 Å². The van der Waals surface area contributed by atoms with Crippen LogP contribution < -0.4 is 0 Å². The number of aliphatic carboxylic acids is 1. The number of aliphatic hydroxyl groups is 2. The third-order valence-corrected chi connectivity index (χ3v) is 1.36. The summed E-state index contributed by atoms with van der Waals surface area (Å²) in [5, 5.41) is 26.4. The summed E-state index contributed by atoms with van der Waals surface area (Å²) in [4.78, 5) is 10.2.